The molecule has 2 amide bonds. The van der Waals surface area contributed by atoms with Crippen molar-refractivity contribution in [1.29, 1.82) is 0 Å². The van der Waals surface area contributed by atoms with E-state index in [1.807, 2.05) is 30.0 Å². The molecule has 2 aliphatic rings. The number of nitrogens with zero attached hydrogens (tertiary/aromatic N) is 1. The van der Waals surface area contributed by atoms with Crippen LogP contribution in [-0.4, -0.2) is 36.3 Å². The molecule has 3 rings (SSSR count). The second-order valence-corrected chi connectivity index (χ2v) is 6.54. The van der Waals surface area contributed by atoms with E-state index in [4.69, 9.17) is 0 Å². The van der Waals surface area contributed by atoms with E-state index in [1.165, 1.54) is 5.56 Å². The monoisotopic (exact) mass is 286 g/mol. The van der Waals surface area contributed by atoms with Crippen molar-refractivity contribution >= 4 is 11.8 Å². The molecule has 0 atom stereocenters. The highest BCUT2D eigenvalue weighted by Crippen LogP contribution is 2.37. The normalized spacial score (nSPS) is 20.7. The largest absolute Gasteiger partial charge is 0.356 e. The molecule has 0 aromatic heterocycles. The number of nitrogens with one attached hydrogen (secondary N) is 1. The Kier molecular flexibility index (Phi) is 3.47. The van der Waals surface area contributed by atoms with Gasteiger partial charge < -0.3 is 10.2 Å². The minimum absolute atomic E-state index is 0.0943. The van der Waals surface area contributed by atoms with E-state index in [2.05, 4.69) is 12.2 Å². The van der Waals surface area contributed by atoms with Crippen LogP contribution in [0.25, 0.3) is 0 Å². The Morgan fingerprint density at radius 3 is 2.48 bits per heavy atom. The molecular weight excluding hydrogens is 264 g/mol. The van der Waals surface area contributed by atoms with Crippen molar-refractivity contribution in [1.82, 2.24) is 10.2 Å². The van der Waals surface area contributed by atoms with Gasteiger partial charge in [-0.2, -0.15) is 0 Å². The van der Waals surface area contributed by atoms with E-state index in [0.717, 1.165) is 43.6 Å². The number of hydrogen-bond acceptors (Lipinski definition) is 2. The lowest BCUT2D eigenvalue weighted by molar-refractivity contribution is -0.119. The van der Waals surface area contributed by atoms with Crippen LogP contribution in [-0.2, 0) is 4.79 Å². The van der Waals surface area contributed by atoms with Crippen LogP contribution in [0.15, 0.2) is 18.2 Å². The van der Waals surface area contributed by atoms with Gasteiger partial charge in [0.2, 0.25) is 5.91 Å². The molecule has 0 bridgehead atoms. The Labute approximate surface area is 125 Å². The maximum atomic E-state index is 12.6. The average molecular weight is 286 g/mol. The fourth-order valence-corrected chi connectivity index (χ4v) is 3.35. The first-order chi connectivity index (χ1) is 9.99. The molecule has 0 saturated carbocycles. The molecule has 0 radical (unpaired) electrons. The number of rotatable bonds is 1. The molecule has 2 aliphatic heterocycles. The van der Waals surface area contributed by atoms with Crippen LogP contribution >= 0.6 is 0 Å². The van der Waals surface area contributed by atoms with Gasteiger partial charge in [-0.15, -0.1) is 0 Å². The quantitative estimate of drug-likeness (QED) is 0.859. The molecule has 2 fully saturated rings. The van der Waals surface area contributed by atoms with Gasteiger partial charge in [0.15, 0.2) is 0 Å². The number of aryl methyl sites for hydroxylation is 2. The second-order valence-electron chi connectivity index (χ2n) is 6.54. The van der Waals surface area contributed by atoms with Crippen molar-refractivity contribution in [3.05, 3.63) is 34.9 Å². The summed E-state index contributed by atoms with van der Waals surface area (Å²) in [7, 11) is 0. The number of piperidine rings is 1. The SMILES string of the molecule is Cc1ccc(C(=O)N2CCC3(CC2)CNC(=O)C3)cc1C. The topological polar surface area (TPSA) is 49.4 Å². The number of carbonyl (C=O) groups is 2. The van der Waals surface area contributed by atoms with Crippen molar-refractivity contribution in [3.8, 4) is 0 Å². The summed E-state index contributed by atoms with van der Waals surface area (Å²) in [5.74, 6) is 0.272. The van der Waals surface area contributed by atoms with E-state index in [1.54, 1.807) is 0 Å². The van der Waals surface area contributed by atoms with Gasteiger partial charge in [0.25, 0.3) is 5.91 Å². The van der Waals surface area contributed by atoms with Crippen molar-refractivity contribution in [2.75, 3.05) is 19.6 Å². The zero-order chi connectivity index (χ0) is 15.0. The van der Waals surface area contributed by atoms with Gasteiger partial charge >= 0.3 is 0 Å². The molecular formula is C17H22N2O2. The summed E-state index contributed by atoms with van der Waals surface area (Å²) in [5, 5.41) is 2.93. The number of amides is 2. The minimum atomic E-state index is 0.0943. The Hall–Kier alpha value is -1.84. The molecule has 1 N–H and O–H groups in total. The molecule has 4 heteroatoms. The molecule has 0 aliphatic carbocycles. The van der Waals surface area contributed by atoms with Gasteiger partial charge in [-0.3, -0.25) is 9.59 Å². The molecule has 1 aromatic carbocycles. The first kappa shape index (κ1) is 14.1. The maximum absolute atomic E-state index is 12.6. The third kappa shape index (κ3) is 2.67. The highest BCUT2D eigenvalue weighted by Gasteiger charge is 2.41. The van der Waals surface area contributed by atoms with Crippen LogP contribution in [0.1, 0.15) is 40.7 Å². The Morgan fingerprint density at radius 1 is 1.19 bits per heavy atom. The molecule has 21 heavy (non-hydrogen) atoms. The summed E-state index contributed by atoms with van der Waals surface area (Å²) < 4.78 is 0. The summed E-state index contributed by atoms with van der Waals surface area (Å²) in [5.41, 5.74) is 3.23. The standard InChI is InChI=1S/C17H22N2O2/c1-12-3-4-14(9-13(12)2)16(21)19-7-5-17(6-8-19)10-15(20)18-11-17/h3-4,9H,5-8,10-11H2,1-2H3,(H,18,20). The van der Waals surface area contributed by atoms with Crippen LogP contribution in [0.3, 0.4) is 0 Å². The van der Waals surface area contributed by atoms with Gasteiger partial charge in [0, 0.05) is 31.6 Å². The highest BCUT2D eigenvalue weighted by molar-refractivity contribution is 5.94. The number of likely N-dealkylation sites (tertiary alicyclic amines) is 1. The fraction of sp³-hybridized carbons (Fsp3) is 0.529. The van der Waals surface area contributed by atoms with E-state index < -0.39 is 0 Å². The first-order valence-electron chi connectivity index (χ1n) is 7.62. The van der Waals surface area contributed by atoms with E-state index in [9.17, 15) is 9.59 Å². The summed E-state index contributed by atoms with van der Waals surface area (Å²) >= 11 is 0. The number of benzene rings is 1. The lowest BCUT2D eigenvalue weighted by Crippen LogP contribution is -2.44. The zero-order valence-corrected chi connectivity index (χ0v) is 12.7. The molecule has 2 heterocycles. The molecule has 1 spiro atoms. The van der Waals surface area contributed by atoms with Crippen LogP contribution in [0.2, 0.25) is 0 Å². The summed E-state index contributed by atoms with van der Waals surface area (Å²) in [4.78, 5) is 25.9. The Balaban J connectivity index is 1.67. The van der Waals surface area contributed by atoms with E-state index in [0.29, 0.717) is 6.42 Å². The van der Waals surface area contributed by atoms with Gasteiger partial charge in [-0.05, 0) is 55.4 Å². The van der Waals surface area contributed by atoms with Crippen LogP contribution in [0.5, 0.6) is 0 Å². The van der Waals surface area contributed by atoms with E-state index >= 15 is 0 Å². The maximum Gasteiger partial charge on any atom is 0.253 e. The number of hydrogen-bond donors (Lipinski definition) is 1. The lowest BCUT2D eigenvalue weighted by Gasteiger charge is -2.38. The zero-order valence-electron chi connectivity index (χ0n) is 12.7. The van der Waals surface area contributed by atoms with Gasteiger partial charge in [-0.1, -0.05) is 6.07 Å². The fourth-order valence-electron chi connectivity index (χ4n) is 3.35. The predicted octanol–water partition coefficient (Wildman–Crippen LogP) is 2.05. The third-order valence-electron chi connectivity index (χ3n) is 5.06. The average Bonchev–Trinajstić information content (AvgIpc) is 2.83. The van der Waals surface area contributed by atoms with Gasteiger partial charge in [-0.25, -0.2) is 0 Å². The molecule has 112 valence electrons. The number of carbonyl (C=O) groups excluding carboxylic acids is 2. The van der Waals surface area contributed by atoms with Crippen molar-refractivity contribution < 1.29 is 9.59 Å². The van der Waals surface area contributed by atoms with Crippen molar-refractivity contribution in [2.45, 2.75) is 33.1 Å². The molecule has 1 aromatic rings. The molecule has 0 unspecified atom stereocenters. The smallest absolute Gasteiger partial charge is 0.253 e. The summed E-state index contributed by atoms with van der Waals surface area (Å²) in [6, 6.07) is 5.89. The Morgan fingerprint density at radius 2 is 1.90 bits per heavy atom. The minimum Gasteiger partial charge on any atom is -0.356 e. The van der Waals surface area contributed by atoms with Crippen LogP contribution in [0, 0.1) is 19.3 Å². The molecule has 2 saturated heterocycles. The second kappa shape index (κ2) is 5.17. The van der Waals surface area contributed by atoms with Gasteiger partial charge in [0.05, 0.1) is 0 Å². The van der Waals surface area contributed by atoms with Crippen molar-refractivity contribution in [2.24, 2.45) is 5.41 Å². The van der Waals surface area contributed by atoms with Crippen LogP contribution < -0.4 is 5.32 Å². The first-order valence-corrected chi connectivity index (χ1v) is 7.62. The lowest BCUT2D eigenvalue weighted by atomic mass is 9.77. The highest BCUT2D eigenvalue weighted by atomic mass is 16.2. The van der Waals surface area contributed by atoms with Crippen LogP contribution in [0.4, 0.5) is 0 Å². The third-order valence-corrected chi connectivity index (χ3v) is 5.06. The predicted molar refractivity (Wildman–Crippen MR) is 81.1 cm³/mol. The van der Waals surface area contributed by atoms with Crippen molar-refractivity contribution in [3.63, 3.8) is 0 Å². The summed E-state index contributed by atoms with van der Waals surface area (Å²) in [6.07, 6.45) is 2.46. The van der Waals surface area contributed by atoms with E-state index in [-0.39, 0.29) is 17.2 Å². The molecule has 4 nitrogen and oxygen atoms in total. The summed E-state index contributed by atoms with van der Waals surface area (Å²) in [6.45, 7) is 6.37. The Bertz CT molecular complexity index is 586. The van der Waals surface area contributed by atoms with Gasteiger partial charge in [0.1, 0.15) is 0 Å².